The van der Waals surface area contributed by atoms with Crippen LogP contribution in [0.3, 0.4) is 0 Å². The van der Waals surface area contributed by atoms with Crippen molar-refractivity contribution < 1.29 is 17.9 Å². The molecule has 2 aromatic rings. The first-order valence-corrected chi connectivity index (χ1v) is 11.1. The second-order valence-corrected chi connectivity index (χ2v) is 8.53. The molecule has 0 spiro atoms. The van der Waals surface area contributed by atoms with Crippen molar-refractivity contribution in [1.82, 2.24) is 0 Å². The Kier molecular flexibility index (Phi) is 7.07. The lowest BCUT2D eigenvalue weighted by atomic mass is 10.1. The Morgan fingerprint density at radius 2 is 1.64 bits per heavy atom. The standard InChI is InChI=1S/C21H28N2O4S/c1-6-19(21(24)22-20-15(3)9-8-10-16(20)4)23(28(5,25)26)17-11-13-18(14-12-17)27-7-2/h8-14,19H,6-7H2,1-5H3,(H,22,24). The number of carbonyl (C=O) groups is 1. The Hall–Kier alpha value is -2.54. The first-order chi connectivity index (χ1) is 13.2. The topological polar surface area (TPSA) is 75.7 Å². The summed E-state index contributed by atoms with van der Waals surface area (Å²) >= 11 is 0. The second kappa shape index (κ2) is 9.10. The number of benzene rings is 2. The SMILES string of the molecule is CCOc1ccc(N(C(CC)C(=O)Nc2c(C)cccc2C)S(C)(=O)=O)cc1. The molecular formula is C21H28N2O4S. The highest BCUT2D eigenvalue weighted by molar-refractivity contribution is 7.92. The molecule has 2 aromatic carbocycles. The Balaban J connectivity index is 2.39. The van der Waals surface area contributed by atoms with Crippen LogP contribution >= 0.6 is 0 Å². The molecule has 7 heteroatoms. The molecule has 0 aliphatic carbocycles. The summed E-state index contributed by atoms with van der Waals surface area (Å²) in [6.07, 6.45) is 1.44. The van der Waals surface area contributed by atoms with Crippen molar-refractivity contribution in [2.45, 2.75) is 40.2 Å². The zero-order valence-corrected chi connectivity index (χ0v) is 17.8. The number of carbonyl (C=O) groups excluding carboxylic acids is 1. The molecule has 2 rings (SSSR count). The van der Waals surface area contributed by atoms with E-state index in [1.165, 1.54) is 4.31 Å². The van der Waals surface area contributed by atoms with Crippen LogP contribution in [0.1, 0.15) is 31.4 Å². The van der Waals surface area contributed by atoms with Crippen LogP contribution in [0.4, 0.5) is 11.4 Å². The van der Waals surface area contributed by atoms with E-state index >= 15 is 0 Å². The van der Waals surface area contributed by atoms with Crippen molar-refractivity contribution in [2.75, 3.05) is 22.5 Å². The number of hydrogen-bond acceptors (Lipinski definition) is 4. The number of nitrogens with zero attached hydrogens (tertiary/aromatic N) is 1. The number of nitrogens with one attached hydrogen (secondary N) is 1. The molecule has 28 heavy (non-hydrogen) atoms. The van der Waals surface area contributed by atoms with Crippen LogP contribution in [-0.4, -0.2) is 33.2 Å². The summed E-state index contributed by atoms with van der Waals surface area (Å²) in [5, 5.41) is 2.91. The summed E-state index contributed by atoms with van der Waals surface area (Å²) in [7, 11) is -3.68. The summed E-state index contributed by atoms with van der Waals surface area (Å²) in [5.41, 5.74) is 2.99. The smallest absolute Gasteiger partial charge is 0.248 e. The van der Waals surface area contributed by atoms with Gasteiger partial charge in [0.1, 0.15) is 11.8 Å². The van der Waals surface area contributed by atoms with E-state index in [0.717, 1.165) is 17.4 Å². The predicted molar refractivity (Wildman–Crippen MR) is 114 cm³/mol. The molecule has 0 aliphatic heterocycles. The molecule has 0 heterocycles. The van der Waals surface area contributed by atoms with E-state index in [1.54, 1.807) is 31.2 Å². The lowest BCUT2D eigenvalue weighted by Gasteiger charge is -2.30. The van der Waals surface area contributed by atoms with Gasteiger partial charge < -0.3 is 10.1 Å². The summed E-state index contributed by atoms with van der Waals surface area (Å²) in [6, 6.07) is 11.6. The molecule has 0 saturated carbocycles. The Bertz CT molecular complexity index is 904. The molecule has 0 aliphatic rings. The number of hydrogen-bond donors (Lipinski definition) is 1. The van der Waals surface area contributed by atoms with Crippen LogP contribution in [0.5, 0.6) is 5.75 Å². The van der Waals surface area contributed by atoms with Gasteiger partial charge in [0.05, 0.1) is 18.6 Å². The first-order valence-electron chi connectivity index (χ1n) is 9.28. The Labute approximate surface area is 167 Å². The number of sulfonamides is 1. The zero-order valence-electron chi connectivity index (χ0n) is 17.0. The lowest BCUT2D eigenvalue weighted by molar-refractivity contribution is -0.117. The van der Waals surface area contributed by atoms with Crippen molar-refractivity contribution in [3.05, 3.63) is 53.6 Å². The molecule has 1 unspecified atom stereocenters. The average Bonchev–Trinajstić information content (AvgIpc) is 2.63. The van der Waals surface area contributed by atoms with Crippen LogP contribution in [0.2, 0.25) is 0 Å². The van der Waals surface area contributed by atoms with Gasteiger partial charge in [0.25, 0.3) is 0 Å². The fourth-order valence-corrected chi connectivity index (χ4v) is 4.35. The number of amides is 1. The molecule has 0 fully saturated rings. The van der Waals surface area contributed by atoms with Gasteiger partial charge in [0.15, 0.2) is 0 Å². The van der Waals surface area contributed by atoms with Gasteiger partial charge in [-0.3, -0.25) is 9.10 Å². The molecule has 1 amide bonds. The Morgan fingerprint density at radius 1 is 1.07 bits per heavy atom. The minimum absolute atomic E-state index is 0.330. The molecule has 0 radical (unpaired) electrons. The van der Waals surface area contributed by atoms with Crippen LogP contribution in [0.25, 0.3) is 0 Å². The maximum Gasteiger partial charge on any atom is 0.248 e. The van der Waals surface area contributed by atoms with Crippen molar-refractivity contribution in [3.8, 4) is 5.75 Å². The van der Waals surface area contributed by atoms with E-state index in [2.05, 4.69) is 5.32 Å². The fourth-order valence-electron chi connectivity index (χ4n) is 3.13. The maximum absolute atomic E-state index is 13.0. The molecule has 1 N–H and O–H groups in total. The third-order valence-electron chi connectivity index (χ3n) is 4.46. The number of para-hydroxylation sites is 1. The molecule has 6 nitrogen and oxygen atoms in total. The third-order valence-corrected chi connectivity index (χ3v) is 5.64. The van der Waals surface area contributed by atoms with Gasteiger partial charge in [-0.15, -0.1) is 0 Å². The van der Waals surface area contributed by atoms with Gasteiger partial charge in [-0.25, -0.2) is 8.42 Å². The summed E-state index contributed by atoms with van der Waals surface area (Å²) in [6.45, 7) is 8.00. The molecular weight excluding hydrogens is 376 g/mol. The van der Waals surface area contributed by atoms with Gasteiger partial charge in [0.2, 0.25) is 15.9 Å². The predicted octanol–water partition coefficient (Wildman–Crippen LogP) is 3.89. The normalized spacial score (nSPS) is 12.3. The van der Waals surface area contributed by atoms with Gasteiger partial charge in [-0.1, -0.05) is 25.1 Å². The molecule has 0 bridgehead atoms. The van der Waals surface area contributed by atoms with Gasteiger partial charge in [-0.05, 0) is 62.6 Å². The quantitative estimate of drug-likeness (QED) is 0.724. The Morgan fingerprint density at radius 3 is 2.11 bits per heavy atom. The molecule has 1 atom stereocenters. The summed E-state index contributed by atoms with van der Waals surface area (Å²) in [5.74, 6) is 0.284. The lowest BCUT2D eigenvalue weighted by Crippen LogP contribution is -2.47. The summed E-state index contributed by atoms with van der Waals surface area (Å²) < 4.78 is 31.7. The van der Waals surface area contributed by atoms with Crippen molar-refractivity contribution >= 4 is 27.3 Å². The maximum atomic E-state index is 13.0. The zero-order chi connectivity index (χ0) is 20.9. The van der Waals surface area contributed by atoms with Crippen LogP contribution < -0.4 is 14.4 Å². The van der Waals surface area contributed by atoms with E-state index in [1.807, 2.05) is 39.0 Å². The highest BCUT2D eigenvalue weighted by Gasteiger charge is 2.32. The number of anilines is 2. The van der Waals surface area contributed by atoms with E-state index in [0.29, 0.717) is 30.2 Å². The second-order valence-electron chi connectivity index (χ2n) is 6.67. The van der Waals surface area contributed by atoms with Crippen molar-refractivity contribution in [3.63, 3.8) is 0 Å². The average molecular weight is 405 g/mol. The minimum atomic E-state index is -3.68. The van der Waals surface area contributed by atoms with Gasteiger partial charge in [0, 0.05) is 5.69 Å². The molecule has 152 valence electrons. The highest BCUT2D eigenvalue weighted by atomic mass is 32.2. The van der Waals surface area contributed by atoms with Crippen molar-refractivity contribution in [1.29, 1.82) is 0 Å². The monoisotopic (exact) mass is 404 g/mol. The van der Waals surface area contributed by atoms with E-state index < -0.39 is 16.1 Å². The van der Waals surface area contributed by atoms with E-state index in [4.69, 9.17) is 4.74 Å². The fraction of sp³-hybridized carbons (Fsp3) is 0.381. The van der Waals surface area contributed by atoms with Gasteiger partial charge >= 0.3 is 0 Å². The minimum Gasteiger partial charge on any atom is -0.494 e. The van der Waals surface area contributed by atoms with E-state index in [-0.39, 0.29) is 5.91 Å². The number of ether oxygens (including phenoxy) is 1. The van der Waals surface area contributed by atoms with Crippen molar-refractivity contribution in [2.24, 2.45) is 0 Å². The van der Waals surface area contributed by atoms with Gasteiger partial charge in [-0.2, -0.15) is 0 Å². The molecule has 0 saturated heterocycles. The van der Waals surface area contributed by atoms with Crippen LogP contribution in [-0.2, 0) is 14.8 Å². The van der Waals surface area contributed by atoms with Crippen LogP contribution in [0, 0.1) is 13.8 Å². The third kappa shape index (κ3) is 5.04. The largest absolute Gasteiger partial charge is 0.494 e. The first kappa shape index (κ1) is 21.8. The van der Waals surface area contributed by atoms with E-state index in [9.17, 15) is 13.2 Å². The highest BCUT2D eigenvalue weighted by Crippen LogP contribution is 2.27. The van der Waals surface area contributed by atoms with Crippen LogP contribution in [0.15, 0.2) is 42.5 Å². The number of aryl methyl sites for hydroxylation is 2. The summed E-state index contributed by atoms with van der Waals surface area (Å²) in [4.78, 5) is 13.0. The number of rotatable bonds is 8. The molecule has 0 aromatic heterocycles.